The predicted molar refractivity (Wildman–Crippen MR) is 104 cm³/mol. The number of anilines is 1. The zero-order valence-electron chi connectivity index (χ0n) is 15.7. The van der Waals surface area contributed by atoms with Crippen LogP contribution in [0.15, 0.2) is 29.3 Å². The van der Waals surface area contributed by atoms with Gasteiger partial charge in [0.15, 0.2) is 5.96 Å². The van der Waals surface area contributed by atoms with Crippen LogP contribution in [0.2, 0.25) is 0 Å². The summed E-state index contributed by atoms with van der Waals surface area (Å²) in [6.45, 7) is 7.45. The third kappa shape index (κ3) is 4.57. The van der Waals surface area contributed by atoms with Crippen molar-refractivity contribution in [3.05, 3.63) is 24.3 Å². The summed E-state index contributed by atoms with van der Waals surface area (Å²) >= 11 is 0. The summed E-state index contributed by atoms with van der Waals surface area (Å²) in [6, 6.07) is 8.33. The second-order valence-corrected chi connectivity index (χ2v) is 7.02. The lowest BCUT2D eigenvalue weighted by molar-refractivity contribution is 0.363. The minimum Gasteiger partial charge on any atom is -0.497 e. The van der Waals surface area contributed by atoms with Gasteiger partial charge in [0.1, 0.15) is 5.75 Å². The first-order valence-electron chi connectivity index (χ1n) is 9.22. The normalized spacial score (nSPS) is 22.4. The average molecular weight is 345 g/mol. The molecule has 1 atom stereocenters. The van der Waals surface area contributed by atoms with E-state index in [-0.39, 0.29) is 0 Å². The van der Waals surface area contributed by atoms with Crippen LogP contribution in [0.5, 0.6) is 5.75 Å². The molecule has 2 aliphatic heterocycles. The highest BCUT2D eigenvalue weighted by molar-refractivity contribution is 5.80. The van der Waals surface area contributed by atoms with Gasteiger partial charge in [0.25, 0.3) is 0 Å². The molecule has 1 unspecified atom stereocenters. The molecule has 0 amide bonds. The van der Waals surface area contributed by atoms with Gasteiger partial charge in [0.05, 0.1) is 7.11 Å². The van der Waals surface area contributed by atoms with Gasteiger partial charge >= 0.3 is 0 Å². The Bertz CT molecular complexity index is 566. The number of guanidine groups is 1. The van der Waals surface area contributed by atoms with Gasteiger partial charge in [-0.15, -0.1) is 0 Å². The molecule has 25 heavy (non-hydrogen) atoms. The van der Waals surface area contributed by atoms with Crippen molar-refractivity contribution in [2.75, 3.05) is 71.9 Å². The predicted octanol–water partition coefficient (Wildman–Crippen LogP) is 1.34. The fourth-order valence-electron chi connectivity index (χ4n) is 3.73. The Labute approximate surface area is 151 Å². The molecule has 2 heterocycles. The lowest BCUT2D eigenvalue weighted by Crippen LogP contribution is -2.53. The smallest absolute Gasteiger partial charge is 0.193 e. The summed E-state index contributed by atoms with van der Waals surface area (Å²) in [7, 11) is 5.79. The second kappa shape index (κ2) is 8.43. The van der Waals surface area contributed by atoms with Gasteiger partial charge in [0, 0.05) is 52.0 Å². The molecule has 1 aromatic carbocycles. The van der Waals surface area contributed by atoms with E-state index >= 15 is 0 Å². The van der Waals surface area contributed by atoms with Crippen molar-refractivity contribution in [2.45, 2.75) is 6.42 Å². The van der Waals surface area contributed by atoms with Gasteiger partial charge in [-0.3, -0.25) is 4.99 Å². The maximum atomic E-state index is 5.24. The van der Waals surface area contributed by atoms with Crippen LogP contribution in [0.1, 0.15) is 6.42 Å². The fourth-order valence-corrected chi connectivity index (χ4v) is 3.73. The number of hydrogen-bond acceptors (Lipinski definition) is 4. The van der Waals surface area contributed by atoms with E-state index in [1.54, 1.807) is 7.11 Å². The average Bonchev–Trinajstić information content (AvgIpc) is 3.08. The van der Waals surface area contributed by atoms with Crippen LogP contribution >= 0.6 is 0 Å². The van der Waals surface area contributed by atoms with E-state index in [1.807, 2.05) is 19.2 Å². The topological polar surface area (TPSA) is 43.3 Å². The van der Waals surface area contributed by atoms with Crippen LogP contribution in [0.4, 0.5) is 5.69 Å². The van der Waals surface area contributed by atoms with Gasteiger partial charge in [-0.25, -0.2) is 0 Å². The van der Waals surface area contributed by atoms with Crippen LogP contribution in [-0.2, 0) is 0 Å². The maximum Gasteiger partial charge on any atom is 0.193 e. The number of benzene rings is 1. The fraction of sp³-hybridized carbons (Fsp3) is 0.632. The molecule has 3 rings (SSSR count). The largest absolute Gasteiger partial charge is 0.497 e. The first-order chi connectivity index (χ1) is 12.2. The third-order valence-electron chi connectivity index (χ3n) is 5.27. The number of nitrogens with zero attached hydrogens (tertiary/aromatic N) is 4. The number of likely N-dealkylation sites (tertiary alicyclic amines) is 1. The third-order valence-corrected chi connectivity index (χ3v) is 5.27. The molecule has 0 spiro atoms. The Morgan fingerprint density at radius 3 is 2.44 bits per heavy atom. The van der Waals surface area contributed by atoms with E-state index in [1.165, 1.54) is 25.2 Å². The van der Waals surface area contributed by atoms with Gasteiger partial charge in [-0.2, -0.15) is 0 Å². The van der Waals surface area contributed by atoms with E-state index in [2.05, 4.69) is 44.2 Å². The Morgan fingerprint density at radius 1 is 1.16 bits per heavy atom. The highest BCUT2D eigenvalue weighted by atomic mass is 16.5. The van der Waals surface area contributed by atoms with Crippen molar-refractivity contribution in [1.29, 1.82) is 0 Å². The number of hydrogen-bond donors (Lipinski definition) is 1. The van der Waals surface area contributed by atoms with Crippen LogP contribution in [0.25, 0.3) is 0 Å². The summed E-state index contributed by atoms with van der Waals surface area (Å²) in [5, 5.41) is 3.59. The Morgan fingerprint density at radius 2 is 1.88 bits per heavy atom. The van der Waals surface area contributed by atoms with E-state index in [9.17, 15) is 0 Å². The molecule has 1 aromatic rings. The standard InChI is InChI=1S/C19H31N5O/c1-20-19(21-14-16-8-9-22(2)15-16)24-12-10-23(11-13-24)17-4-6-18(25-3)7-5-17/h4-7,16H,8-15H2,1-3H3,(H,20,21). The van der Waals surface area contributed by atoms with Crippen molar-refractivity contribution >= 4 is 11.6 Å². The van der Waals surface area contributed by atoms with Gasteiger partial charge < -0.3 is 24.8 Å². The Kier molecular flexibility index (Phi) is 6.02. The Hall–Kier alpha value is -1.95. The van der Waals surface area contributed by atoms with Crippen molar-refractivity contribution in [2.24, 2.45) is 10.9 Å². The molecule has 0 radical (unpaired) electrons. The molecule has 1 N–H and O–H groups in total. The van der Waals surface area contributed by atoms with Crippen molar-refractivity contribution in [3.63, 3.8) is 0 Å². The van der Waals surface area contributed by atoms with E-state index in [0.717, 1.165) is 50.4 Å². The number of ether oxygens (including phenoxy) is 1. The number of nitrogens with one attached hydrogen (secondary N) is 1. The minimum atomic E-state index is 0.738. The molecular weight excluding hydrogens is 314 g/mol. The van der Waals surface area contributed by atoms with Crippen LogP contribution in [0, 0.1) is 5.92 Å². The molecule has 2 aliphatic rings. The second-order valence-electron chi connectivity index (χ2n) is 7.02. The first-order valence-corrected chi connectivity index (χ1v) is 9.22. The van der Waals surface area contributed by atoms with E-state index in [0.29, 0.717) is 0 Å². The zero-order valence-corrected chi connectivity index (χ0v) is 15.7. The summed E-state index contributed by atoms with van der Waals surface area (Å²) in [4.78, 5) is 11.7. The number of methoxy groups -OCH3 is 1. The van der Waals surface area contributed by atoms with Crippen molar-refractivity contribution < 1.29 is 4.74 Å². The molecule has 138 valence electrons. The molecule has 6 heteroatoms. The molecule has 0 aliphatic carbocycles. The molecule has 0 bridgehead atoms. The van der Waals surface area contributed by atoms with E-state index in [4.69, 9.17) is 4.74 Å². The van der Waals surface area contributed by atoms with Crippen LogP contribution < -0.4 is 15.0 Å². The molecule has 0 saturated carbocycles. The van der Waals surface area contributed by atoms with Gasteiger partial charge in [-0.1, -0.05) is 0 Å². The summed E-state index contributed by atoms with van der Waals surface area (Å²) in [6.07, 6.45) is 1.28. The minimum absolute atomic E-state index is 0.738. The summed E-state index contributed by atoms with van der Waals surface area (Å²) < 4.78 is 5.24. The lowest BCUT2D eigenvalue weighted by Gasteiger charge is -2.38. The van der Waals surface area contributed by atoms with Crippen molar-refractivity contribution in [1.82, 2.24) is 15.1 Å². The van der Waals surface area contributed by atoms with Gasteiger partial charge in [0.2, 0.25) is 0 Å². The quantitative estimate of drug-likeness (QED) is 0.659. The monoisotopic (exact) mass is 345 g/mol. The van der Waals surface area contributed by atoms with Crippen LogP contribution in [0.3, 0.4) is 0 Å². The number of piperazine rings is 1. The van der Waals surface area contributed by atoms with Crippen LogP contribution in [-0.4, -0.2) is 82.8 Å². The molecule has 6 nitrogen and oxygen atoms in total. The zero-order chi connectivity index (χ0) is 17.6. The first kappa shape index (κ1) is 17.9. The highest BCUT2D eigenvalue weighted by Gasteiger charge is 2.23. The number of rotatable bonds is 4. The summed E-state index contributed by atoms with van der Waals surface area (Å²) in [5.74, 6) is 2.69. The van der Waals surface area contributed by atoms with Gasteiger partial charge in [-0.05, 0) is 50.2 Å². The SMILES string of the molecule is CN=C(NCC1CCN(C)C1)N1CCN(c2ccc(OC)cc2)CC1. The van der Waals surface area contributed by atoms with E-state index < -0.39 is 0 Å². The molecule has 2 fully saturated rings. The molecular formula is C19H31N5O. The Balaban J connectivity index is 1.48. The maximum absolute atomic E-state index is 5.24. The highest BCUT2D eigenvalue weighted by Crippen LogP contribution is 2.20. The lowest BCUT2D eigenvalue weighted by atomic mass is 10.1. The summed E-state index contributed by atoms with van der Waals surface area (Å²) in [5.41, 5.74) is 1.26. The van der Waals surface area contributed by atoms with Crippen molar-refractivity contribution in [3.8, 4) is 5.75 Å². The number of aliphatic imine (C=N–C) groups is 1. The molecule has 0 aromatic heterocycles. The molecule has 2 saturated heterocycles.